The number of hydrogen-bond acceptors (Lipinski definition) is 9. The van der Waals surface area contributed by atoms with Gasteiger partial charge >= 0.3 is 0 Å². The second kappa shape index (κ2) is 26.9. The third-order valence-electron chi connectivity index (χ3n) is 9.64. The van der Waals surface area contributed by atoms with Gasteiger partial charge in [-0.25, -0.2) is 0 Å². The largest absolute Gasteiger partial charge is 0.780 e. The average molecular weight is 936 g/mol. The Morgan fingerprint density at radius 1 is 0.569 bits per heavy atom. The molecule has 0 spiro atoms. The van der Waals surface area contributed by atoms with Crippen LogP contribution in [-0.4, -0.2) is 20.3 Å². The van der Waals surface area contributed by atoms with E-state index < -0.39 is 0 Å². The zero-order valence-corrected chi connectivity index (χ0v) is 41.5. The van der Waals surface area contributed by atoms with Crippen LogP contribution in [0.4, 0.5) is 0 Å². The molecule has 10 heteroatoms. The molecular formula is C48H60NiO3S6-4. The minimum Gasteiger partial charge on any atom is -0.780 e. The van der Waals surface area contributed by atoms with Gasteiger partial charge in [0.15, 0.2) is 0 Å². The fourth-order valence-electron chi connectivity index (χ4n) is 5.37. The number of ether oxygens (including phenoxy) is 3. The fraction of sp³-hybridized carbons (Fsp3) is 0.417. The zero-order valence-electron chi connectivity index (χ0n) is 35.6. The molecular weight excluding hydrogens is 876 g/mol. The molecule has 4 rings (SSSR count). The molecule has 58 heavy (non-hydrogen) atoms. The maximum absolute atomic E-state index is 6.10. The summed E-state index contributed by atoms with van der Waals surface area (Å²) in [6.45, 7) is 21.1. The first kappa shape index (κ1) is 52.0. The third-order valence-corrected chi connectivity index (χ3v) is 13.7. The quantitative estimate of drug-likeness (QED) is 0.0518. The maximum Gasteiger partial charge on any atom is 0.124 e. The molecule has 3 nitrogen and oxygen atoms in total. The Morgan fingerprint density at radius 2 is 0.948 bits per heavy atom. The molecule has 4 aromatic carbocycles. The molecule has 2 unspecified atom stereocenters. The van der Waals surface area contributed by atoms with E-state index in [1.807, 2.05) is 30.3 Å². The van der Waals surface area contributed by atoms with Crippen molar-refractivity contribution in [1.29, 1.82) is 0 Å². The molecule has 0 aromatic heterocycles. The molecule has 0 aliphatic heterocycles. The smallest absolute Gasteiger partial charge is 0.124 e. The summed E-state index contributed by atoms with van der Waals surface area (Å²) in [7, 11) is 1.66. The Morgan fingerprint density at radius 3 is 1.29 bits per heavy atom. The predicted molar refractivity (Wildman–Crippen MR) is 259 cm³/mol. The first-order valence-electron chi connectivity index (χ1n) is 19.9. The third kappa shape index (κ3) is 17.1. The molecule has 0 aliphatic carbocycles. The first-order valence-corrected chi connectivity index (χ1v) is 23.2. The molecule has 0 saturated carbocycles. The van der Waals surface area contributed by atoms with Crippen molar-refractivity contribution in [2.45, 2.75) is 110 Å². The van der Waals surface area contributed by atoms with Crippen LogP contribution in [-0.2, 0) is 67.0 Å². The fourth-order valence-corrected chi connectivity index (χ4v) is 8.12. The van der Waals surface area contributed by atoms with Crippen LogP contribution in [0.3, 0.4) is 0 Å². The monoisotopic (exact) mass is 934 g/mol. The van der Waals surface area contributed by atoms with Crippen LogP contribution in [0.25, 0.3) is 9.81 Å². The van der Waals surface area contributed by atoms with E-state index in [2.05, 4.69) is 117 Å². The van der Waals surface area contributed by atoms with Gasteiger partial charge in [-0.3, -0.25) is 0 Å². The molecule has 0 amide bonds. The zero-order chi connectivity index (χ0) is 42.1. The Hall–Kier alpha value is -2.17. The molecule has 0 radical (unpaired) electrons. The van der Waals surface area contributed by atoms with E-state index in [4.69, 9.17) is 64.7 Å². The van der Waals surface area contributed by atoms with Gasteiger partial charge in [-0.05, 0) is 139 Å². The van der Waals surface area contributed by atoms with Crippen LogP contribution in [0, 0.1) is 18.8 Å². The van der Waals surface area contributed by atoms with Crippen molar-refractivity contribution in [3.8, 4) is 17.2 Å². The van der Waals surface area contributed by atoms with Crippen LogP contribution >= 0.6 is 23.5 Å². The van der Waals surface area contributed by atoms with E-state index in [1.54, 1.807) is 18.9 Å². The minimum atomic E-state index is 0. The topological polar surface area (TPSA) is 27.7 Å². The molecule has 0 heterocycles. The van der Waals surface area contributed by atoms with Crippen LogP contribution in [0.5, 0.6) is 17.2 Å². The van der Waals surface area contributed by atoms with E-state index >= 15 is 0 Å². The minimum absolute atomic E-state index is 0. The number of hydrogen-bond donors (Lipinski definition) is 0. The van der Waals surface area contributed by atoms with E-state index in [1.165, 1.54) is 28.5 Å². The van der Waals surface area contributed by atoms with Crippen molar-refractivity contribution < 1.29 is 30.7 Å². The van der Waals surface area contributed by atoms with Gasteiger partial charge < -0.3 is 64.7 Å². The van der Waals surface area contributed by atoms with Crippen LogP contribution in [0.15, 0.2) is 103 Å². The molecule has 0 saturated heterocycles. The number of benzene rings is 4. The normalized spacial score (nSPS) is 13.0. The van der Waals surface area contributed by atoms with Crippen molar-refractivity contribution in [3.63, 3.8) is 0 Å². The van der Waals surface area contributed by atoms with Crippen LogP contribution in [0.2, 0.25) is 0 Å². The van der Waals surface area contributed by atoms with E-state index in [0.29, 0.717) is 55.2 Å². The van der Waals surface area contributed by atoms with Crippen molar-refractivity contribution in [1.82, 2.24) is 0 Å². The predicted octanol–water partition coefficient (Wildman–Crippen LogP) is 14.6. The summed E-state index contributed by atoms with van der Waals surface area (Å²) >= 11 is 26.0. The number of thioether (sulfide) groups is 2. The molecule has 320 valence electrons. The SMILES string of the molecule is CCC(C)c1ccc(OCCC(C)C)c(/C([S-])=C(/[S-])Sc2ccc(C)cc2)c1.CCC(C)c1ccc(OCCC(C)C)c(/C([S-])=C(/[S-])Sc2ccc(OC)cc2)c1.[Ni]. The molecule has 0 N–H and O–H groups in total. The van der Waals surface area contributed by atoms with Crippen LogP contribution < -0.4 is 14.2 Å². The number of methoxy groups -OCH3 is 1. The van der Waals surface area contributed by atoms with Crippen LogP contribution in [0.1, 0.15) is 121 Å². The molecule has 0 aliphatic rings. The summed E-state index contributed by atoms with van der Waals surface area (Å²) in [5, 5.41) is 0. The van der Waals surface area contributed by atoms with Gasteiger partial charge in [-0.2, -0.15) is 18.3 Å². The standard InChI is InChI=1S/C24H32O2S3.C24H32OS3.Ni/c1-6-17(4)18-7-12-22(26-14-13-16(2)3)21(15-18)23(27)24(28)29-20-10-8-19(25-5)9-11-20;1-6-18(5)19-9-12-22(25-14-13-16(2)3)21(15-19)23(26)24(27)28-20-10-7-17(4)8-11-20;/h7-12,15-17,27-28H,6,13-14H2,1-5H3;7-12,15-16,18,26-27H,6,13-14H2,1-5H3;/p-4/b2*24-23+;. The Balaban J connectivity index is 0.000000394. The van der Waals surface area contributed by atoms with Gasteiger partial charge in [-0.15, -0.1) is 23.5 Å². The average Bonchev–Trinajstić information content (AvgIpc) is 3.20. The second-order valence-corrected chi connectivity index (χ2v) is 19.4. The number of rotatable bonds is 19. The van der Waals surface area contributed by atoms with Gasteiger partial charge in [0, 0.05) is 26.3 Å². The number of aryl methyl sites for hydroxylation is 1. The summed E-state index contributed by atoms with van der Waals surface area (Å²) in [5.41, 5.74) is 5.64. The molecule has 0 bridgehead atoms. The second-order valence-electron chi connectivity index (χ2n) is 15.1. The van der Waals surface area contributed by atoms with Crippen molar-refractivity contribution in [3.05, 3.63) is 121 Å². The van der Waals surface area contributed by atoms with Crippen molar-refractivity contribution in [2.75, 3.05) is 20.3 Å². The van der Waals surface area contributed by atoms with Gasteiger partial charge in [0.25, 0.3) is 0 Å². The molecule has 0 fully saturated rings. The van der Waals surface area contributed by atoms with Crippen molar-refractivity contribution >= 4 is 83.8 Å². The first-order chi connectivity index (χ1) is 27.2. The summed E-state index contributed by atoms with van der Waals surface area (Å²) in [5.74, 6) is 4.62. The maximum atomic E-state index is 6.10. The van der Waals surface area contributed by atoms with Gasteiger partial charge in [0.1, 0.15) is 17.2 Å². The summed E-state index contributed by atoms with van der Waals surface area (Å²) in [4.78, 5) is 3.52. The van der Waals surface area contributed by atoms with Gasteiger partial charge in [0.05, 0.1) is 20.3 Å². The summed E-state index contributed by atoms with van der Waals surface area (Å²) in [6.07, 6.45) is 4.18. The Bertz CT molecular complexity index is 1890. The van der Waals surface area contributed by atoms with Gasteiger partial charge in [0.2, 0.25) is 0 Å². The summed E-state index contributed by atoms with van der Waals surface area (Å²) in [6, 6.07) is 28.9. The molecule has 2 atom stereocenters. The van der Waals surface area contributed by atoms with E-state index in [-0.39, 0.29) is 16.5 Å². The van der Waals surface area contributed by atoms with E-state index in [0.717, 1.165) is 63.8 Å². The van der Waals surface area contributed by atoms with Crippen molar-refractivity contribution in [2.24, 2.45) is 11.8 Å². The molecule has 4 aromatic rings. The Labute approximate surface area is 391 Å². The summed E-state index contributed by atoms with van der Waals surface area (Å²) < 4.78 is 18.8. The Kier molecular flexibility index (Phi) is 24.1. The van der Waals surface area contributed by atoms with Gasteiger partial charge in [-0.1, -0.05) is 85.2 Å². The van der Waals surface area contributed by atoms with E-state index in [9.17, 15) is 0 Å².